The van der Waals surface area contributed by atoms with Gasteiger partial charge in [-0.25, -0.2) is 4.57 Å². The molecule has 0 aliphatic heterocycles. The molecule has 48 heavy (non-hydrogen) atoms. The molecule has 0 spiro atoms. The van der Waals surface area contributed by atoms with Gasteiger partial charge in [0.1, 0.15) is 19.8 Å². The molecule has 10 heteroatoms. The number of quaternary nitrogens is 1. The molecule has 0 aromatic heterocycles. The average Bonchev–Trinajstić information content (AvgIpc) is 3.02. The summed E-state index contributed by atoms with van der Waals surface area (Å²) >= 11 is 0. The van der Waals surface area contributed by atoms with E-state index in [0.717, 1.165) is 57.8 Å². The Hall–Kier alpha value is -1.51. The Bertz CT molecular complexity index is 886. The van der Waals surface area contributed by atoms with E-state index in [1.807, 2.05) is 21.1 Å². The van der Waals surface area contributed by atoms with Crippen molar-refractivity contribution in [3.05, 3.63) is 24.3 Å². The molecule has 0 radical (unpaired) electrons. The number of hydrogen-bond donors (Lipinski definition) is 1. The van der Waals surface area contributed by atoms with Crippen LogP contribution in [0.1, 0.15) is 155 Å². The Morgan fingerprint density at radius 3 is 1.69 bits per heavy atom. The number of unbranched alkanes of at least 4 members (excludes halogenated alkanes) is 16. The Morgan fingerprint density at radius 2 is 1.12 bits per heavy atom. The summed E-state index contributed by atoms with van der Waals surface area (Å²) in [6.45, 7) is 4.34. The predicted octanol–water partition coefficient (Wildman–Crippen LogP) is 10.0. The zero-order chi connectivity index (χ0) is 35.8. The van der Waals surface area contributed by atoms with Gasteiger partial charge in [0.2, 0.25) is 0 Å². The minimum absolute atomic E-state index is 0.0300. The quantitative estimate of drug-likeness (QED) is 0.0232. The van der Waals surface area contributed by atoms with Crippen molar-refractivity contribution in [2.75, 3.05) is 47.5 Å². The molecular formula is C38H73NO8P+. The molecule has 0 heterocycles. The Morgan fingerprint density at radius 1 is 0.646 bits per heavy atom. The molecule has 0 amide bonds. The number of likely N-dealkylation sites (N-methyl/N-ethyl adjacent to an activating group) is 1. The summed E-state index contributed by atoms with van der Waals surface area (Å²) in [4.78, 5) is 35.1. The number of phosphoric acid groups is 1. The first kappa shape index (κ1) is 46.5. The van der Waals surface area contributed by atoms with Crippen LogP contribution in [0, 0.1) is 0 Å². The number of carbonyl (C=O) groups is 2. The fourth-order valence-corrected chi connectivity index (χ4v) is 5.67. The van der Waals surface area contributed by atoms with Gasteiger partial charge >= 0.3 is 19.8 Å². The van der Waals surface area contributed by atoms with Gasteiger partial charge in [-0.05, 0) is 44.9 Å². The van der Waals surface area contributed by atoms with Crippen LogP contribution in [0.15, 0.2) is 24.3 Å². The average molecular weight is 703 g/mol. The second-order valence-electron chi connectivity index (χ2n) is 14.0. The number of nitrogens with zero attached hydrogens (tertiary/aromatic N) is 1. The molecule has 0 rings (SSSR count). The van der Waals surface area contributed by atoms with Crippen LogP contribution in [0.2, 0.25) is 0 Å². The lowest BCUT2D eigenvalue weighted by Crippen LogP contribution is -2.37. The number of hydrogen-bond acceptors (Lipinski definition) is 7. The maximum Gasteiger partial charge on any atom is 0.472 e. The molecule has 1 N–H and O–H groups in total. The van der Waals surface area contributed by atoms with Gasteiger partial charge in [0.15, 0.2) is 6.10 Å². The molecule has 0 aromatic rings. The molecular weight excluding hydrogens is 629 g/mol. The Balaban J connectivity index is 4.45. The molecule has 0 aromatic carbocycles. The van der Waals surface area contributed by atoms with Crippen LogP contribution >= 0.6 is 7.82 Å². The number of rotatable bonds is 34. The van der Waals surface area contributed by atoms with Crippen LogP contribution in [0.25, 0.3) is 0 Å². The van der Waals surface area contributed by atoms with Gasteiger partial charge in [-0.1, -0.05) is 122 Å². The molecule has 0 saturated heterocycles. The van der Waals surface area contributed by atoms with Crippen LogP contribution in [-0.4, -0.2) is 74.9 Å². The Labute approximate surface area is 294 Å². The highest BCUT2D eigenvalue weighted by Crippen LogP contribution is 2.43. The van der Waals surface area contributed by atoms with Crippen molar-refractivity contribution in [1.82, 2.24) is 0 Å². The van der Waals surface area contributed by atoms with Gasteiger partial charge in [-0.2, -0.15) is 0 Å². The van der Waals surface area contributed by atoms with Crippen LogP contribution in [0.3, 0.4) is 0 Å². The molecule has 1 unspecified atom stereocenters. The maximum atomic E-state index is 12.6. The van der Waals surface area contributed by atoms with E-state index < -0.39 is 26.5 Å². The summed E-state index contributed by atoms with van der Waals surface area (Å²) in [5.41, 5.74) is 0. The van der Waals surface area contributed by atoms with Crippen molar-refractivity contribution in [2.45, 2.75) is 161 Å². The van der Waals surface area contributed by atoms with Gasteiger partial charge in [0.25, 0.3) is 0 Å². The number of allylic oxidation sites excluding steroid dienone is 4. The Kier molecular flexibility index (Phi) is 30.5. The largest absolute Gasteiger partial charge is 0.472 e. The zero-order valence-electron chi connectivity index (χ0n) is 31.5. The van der Waals surface area contributed by atoms with Crippen molar-refractivity contribution >= 4 is 19.8 Å². The van der Waals surface area contributed by atoms with Gasteiger partial charge in [-0.3, -0.25) is 18.6 Å². The molecule has 282 valence electrons. The molecule has 0 fully saturated rings. The first-order valence-corrected chi connectivity index (χ1v) is 20.6. The number of ether oxygens (including phenoxy) is 2. The molecule has 0 bridgehead atoms. The predicted molar refractivity (Wildman–Crippen MR) is 197 cm³/mol. The van der Waals surface area contributed by atoms with E-state index in [2.05, 4.69) is 38.2 Å². The fraction of sp³-hybridized carbons (Fsp3) is 0.842. The number of phosphoric ester groups is 1. The molecule has 0 aliphatic carbocycles. The maximum absolute atomic E-state index is 12.6. The lowest BCUT2D eigenvalue weighted by atomic mass is 10.1. The topological polar surface area (TPSA) is 108 Å². The highest BCUT2D eigenvalue weighted by molar-refractivity contribution is 7.47. The molecule has 0 aliphatic rings. The van der Waals surface area contributed by atoms with Crippen LogP contribution in [0.4, 0.5) is 0 Å². The lowest BCUT2D eigenvalue weighted by Gasteiger charge is -2.24. The van der Waals surface area contributed by atoms with Crippen molar-refractivity contribution in [1.29, 1.82) is 0 Å². The molecule has 0 saturated carbocycles. The zero-order valence-corrected chi connectivity index (χ0v) is 32.4. The van der Waals surface area contributed by atoms with Crippen LogP contribution in [0.5, 0.6) is 0 Å². The van der Waals surface area contributed by atoms with Crippen molar-refractivity contribution in [3.8, 4) is 0 Å². The van der Waals surface area contributed by atoms with Crippen LogP contribution < -0.4 is 0 Å². The van der Waals surface area contributed by atoms with E-state index in [4.69, 9.17) is 18.5 Å². The summed E-state index contributed by atoms with van der Waals surface area (Å²) in [6, 6.07) is 0. The van der Waals surface area contributed by atoms with Gasteiger partial charge in [-0.15, -0.1) is 0 Å². The van der Waals surface area contributed by atoms with Crippen LogP contribution in [-0.2, 0) is 32.7 Å². The highest BCUT2D eigenvalue weighted by Gasteiger charge is 2.27. The number of esters is 2. The monoisotopic (exact) mass is 703 g/mol. The highest BCUT2D eigenvalue weighted by atomic mass is 31.2. The van der Waals surface area contributed by atoms with E-state index >= 15 is 0 Å². The van der Waals surface area contributed by atoms with Crippen molar-refractivity contribution in [2.24, 2.45) is 0 Å². The molecule has 2 atom stereocenters. The fourth-order valence-electron chi connectivity index (χ4n) is 4.92. The van der Waals surface area contributed by atoms with E-state index in [1.165, 1.54) is 64.2 Å². The van der Waals surface area contributed by atoms with Gasteiger partial charge < -0.3 is 18.9 Å². The summed E-state index contributed by atoms with van der Waals surface area (Å²) in [6.07, 6.45) is 30.8. The lowest BCUT2D eigenvalue weighted by molar-refractivity contribution is -0.870. The van der Waals surface area contributed by atoms with E-state index in [0.29, 0.717) is 17.4 Å². The van der Waals surface area contributed by atoms with E-state index in [1.54, 1.807) is 0 Å². The summed E-state index contributed by atoms with van der Waals surface area (Å²) < 4.78 is 34.1. The number of carbonyl (C=O) groups excluding carboxylic acids is 2. The third-order valence-electron chi connectivity index (χ3n) is 7.98. The van der Waals surface area contributed by atoms with Gasteiger partial charge in [0.05, 0.1) is 27.7 Å². The standard InChI is InChI=1S/C38H72NO8P/c1-6-8-10-12-14-16-17-18-19-20-21-23-25-27-29-31-38(41)47-36(35-46-48(42,43)45-33-32-39(3,4)5)34-44-37(40)30-28-26-24-22-15-13-11-9-7-2/h14,16,18-19,36H,6-13,15,17,20-35H2,1-5H3/p+1/b16-14-,19-18-/t36-/m1/s1. The first-order chi connectivity index (χ1) is 23.0. The second-order valence-corrected chi connectivity index (χ2v) is 15.4. The normalized spacial score (nSPS) is 14.0. The first-order valence-electron chi connectivity index (χ1n) is 19.1. The summed E-state index contributed by atoms with van der Waals surface area (Å²) in [5.74, 6) is -0.818. The minimum Gasteiger partial charge on any atom is -0.462 e. The summed E-state index contributed by atoms with van der Waals surface area (Å²) in [5, 5.41) is 0. The van der Waals surface area contributed by atoms with Gasteiger partial charge in [0, 0.05) is 12.8 Å². The third-order valence-corrected chi connectivity index (χ3v) is 8.97. The third kappa shape index (κ3) is 34.4. The minimum atomic E-state index is -4.36. The van der Waals surface area contributed by atoms with E-state index in [9.17, 15) is 19.0 Å². The second kappa shape index (κ2) is 31.5. The SMILES string of the molecule is CCCCC/C=C\C/C=C\CCCCCCCC(=O)O[C@H](COC(=O)CCCCCCCCCCC)COP(=O)(O)OCC[N+](C)(C)C. The van der Waals surface area contributed by atoms with Crippen molar-refractivity contribution < 1.29 is 42.1 Å². The summed E-state index contributed by atoms with van der Waals surface area (Å²) in [7, 11) is 1.47. The van der Waals surface area contributed by atoms with E-state index in [-0.39, 0.29) is 32.0 Å². The smallest absolute Gasteiger partial charge is 0.462 e. The van der Waals surface area contributed by atoms with Crippen molar-refractivity contribution in [3.63, 3.8) is 0 Å². The molecule has 9 nitrogen and oxygen atoms in total.